The molecule has 94 valence electrons. The number of aromatic amines is 1. The molecule has 0 saturated carbocycles. The Kier molecular flexibility index (Phi) is 3.83. The normalized spacial score (nSPS) is 10.3. The van der Waals surface area contributed by atoms with Gasteiger partial charge in [-0.2, -0.15) is 5.10 Å². The van der Waals surface area contributed by atoms with Gasteiger partial charge in [-0.3, -0.25) is 9.89 Å². The van der Waals surface area contributed by atoms with E-state index < -0.39 is 0 Å². The molecule has 0 bridgehead atoms. The summed E-state index contributed by atoms with van der Waals surface area (Å²) >= 11 is 1.32. The van der Waals surface area contributed by atoms with Crippen LogP contribution in [0.4, 0.5) is 11.4 Å². The third kappa shape index (κ3) is 3.01. The van der Waals surface area contributed by atoms with Crippen LogP contribution >= 0.6 is 11.8 Å². The van der Waals surface area contributed by atoms with Crippen molar-refractivity contribution in [3.8, 4) is 0 Å². The van der Waals surface area contributed by atoms with E-state index in [1.54, 1.807) is 24.1 Å². The minimum Gasteiger partial charge on any atom is -0.399 e. The molecule has 0 fully saturated rings. The lowest BCUT2D eigenvalue weighted by atomic mass is 10.2. The highest BCUT2D eigenvalue weighted by molar-refractivity contribution is 7.99. The van der Waals surface area contributed by atoms with Gasteiger partial charge in [0.2, 0.25) is 5.91 Å². The summed E-state index contributed by atoms with van der Waals surface area (Å²) in [6.45, 7) is 0. The zero-order chi connectivity index (χ0) is 13.0. The van der Waals surface area contributed by atoms with Crippen LogP contribution in [0.1, 0.15) is 0 Å². The SMILES string of the molecule is CN(C(=O)CSc1ncn[nH]1)c1ccc(N)cc1. The smallest absolute Gasteiger partial charge is 0.237 e. The second-order valence-corrected chi connectivity index (χ2v) is 4.59. The Morgan fingerprint density at radius 1 is 1.44 bits per heavy atom. The molecule has 3 N–H and O–H groups in total. The Morgan fingerprint density at radius 2 is 2.17 bits per heavy atom. The third-order valence-corrected chi connectivity index (χ3v) is 3.24. The summed E-state index contributed by atoms with van der Waals surface area (Å²) in [5, 5.41) is 7.04. The van der Waals surface area contributed by atoms with Gasteiger partial charge in [-0.15, -0.1) is 0 Å². The molecule has 0 atom stereocenters. The Balaban J connectivity index is 1.94. The molecule has 0 aliphatic rings. The van der Waals surface area contributed by atoms with Crippen molar-refractivity contribution >= 4 is 29.0 Å². The highest BCUT2D eigenvalue weighted by Crippen LogP contribution is 2.17. The van der Waals surface area contributed by atoms with E-state index in [-0.39, 0.29) is 5.91 Å². The molecule has 0 radical (unpaired) electrons. The number of rotatable bonds is 4. The molecule has 1 heterocycles. The number of anilines is 2. The lowest BCUT2D eigenvalue weighted by Gasteiger charge is -2.16. The molecule has 0 aliphatic carbocycles. The second-order valence-electron chi connectivity index (χ2n) is 3.62. The van der Waals surface area contributed by atoms with Crippen molar-refractivity contribution in [1.82, 2.24) is 15.2 Å². The number of thioether (sulfide) groups is 1. The lowest BCUT2D eigenvalue weighted by molar-refractivity contribution is -0.115. The van der Waals surface area contributed by atoms with Gasteiger partial charge in [0.05, 0.1) is 5.75 Å². The maximum Gasteiger partial charge on any atom is 0.237 e. The molecule has 1 aromatic heterocycles. The summed E-state index contributed by atoms with van der Waals surface area (Å²) in [6.07, 6.45) is 1.41. The number of hydrogen-bond donors (Lipinski definition) is 2. The van der Waals surface area contributed by atoms with Crippen molar-refractivity contribution in [3.05, 3.63) is 30.6 Å². The number of carbonyl (C=O) groups is 1. The van der Waals surface area contributed by atoms with Gasteiger partial charge < -0.3 is 10.6 Å². The van der Waals surface area contributed by atoms with Crippen molar-refractivity contribution in [3.63, 3.8) is 0 Å². The van der Waals surface area contributed by atoms with Crippen molar-refractivity contribution in [2.75, 3.05) is 23.4 Å². The van der Waals surface area contributed by atoms with Crippen LogP contribution in [-0.2, 0) is 4.79 Å². The molecule has 0 spiro atoms. The number of carbonyl (C=O) groups excluding carboxylic acids is 1. The van der Waals surface area contributed by atoms with Crippen molar-refractivity contribution < 1.29 is 4.79 Å². The zero-order valence-electron chi connectivity index (χ0n) is 9.83. The molecule has 18 heavy (non-hydrogen) atoms. The van der Waals surface area contributed by atoms with Crippen LogP contribution in [0.15, 0.2) is 35.7 Å². The first-order chi connectivity index (χ1) is 8.66. The summed E-state index contributed by atoms with van der Waals surface area (Å²) in [5.74, 6) is 0.289. The molecule has 0 aliphatic heterocycles. The van der Waals surface area contributed by atoms with Crippen LogP contribution in [0.3, 0.4) is 0 Å². The molecule has 0 saturated heterocycles. The Labute approximate surface area is 109 Å². The number of nitrogens with zero attached hydrogens (tertiary/aromatic N) is 3. The average molecular weight is 263 g/mol. The molecule has 7 heteroatoms. The highest BCUT2D eigenvalue weighted by atomic mass is 32.2. The van der Waals surface area contributed by atoms with Crippen LogP contribution in [-0.4, -0.2) is 33.9 Å². The molecule has 1 aromatic carbocycles. The van der Waals surface area contributed by atoms with Crippen LogP contribution < -0.4 is 10.6 Å². The van der Waals surface area contributed by atoms with Gasteiger partial charge in [-0.05, 0) is 24.3 Å². The topological polar surface area (TPSA) is 87.9 Å². The van der Waals surface area contributed by atoms with Crippen molar-refractivity contribution in [2.24, 2.45) is 0 Å². The van der Waals surface area contributed by atoms with Crippen LogP contribution in [0.2, 0.25) is 0 Å². The largest absolute Gasteiger partial charge is 0.399 e. The number of benzene rings is 1. The van der Waals surface area contributed by atoms with E-state index in [1.165, 1.54) is 18.1 Å². The van der Waals surface area contributed by atoms with Gasteiger partial charge in [0.25, 0.3) is 0 Å². The molecule has 0 unspecified atom stereocenters. The summed E-state index contributed by atoms with van der Waals surface area (Å²) < 4.78 is 0. The van der Waals surface area contributed by atoms with Gasteiger partial charge in [0, 0.05) is 18.4 Å². The Hall–Kier alpha value is -2.02. The minimum atomic E-state index is -0.0128. The first-order valence-corrected chi connectivity index (χ1v) is 6.25. The molecular formula is C11H13N5OS. The second kappa shape index (κ2) is 5.54. The predicted octanol–water partition coefficient (Wildman–Crippen LogP) is 1.14. The fourth-order valence-corrected chi connectivity index (χ4v) is 2.03. The summed E-state index contributed by atoms with van der Waals surface area (Å²) in [4.78, 5) is 17.5. The van der Waals surface area contributed by atoms with Gasteiger partial charge in [0.1, 0.15) is 6.33 Å². The van der Waals surface area contributed by atoms with E-state index in [2.05, 4.69) is 15.2 Å². The van der Waals surface area contributed by atoms with E-state index in [4.69, 9.17) is 5.73 Å². The quantitative estimate of drug-likeness (QED) is 0.638. The number of nitrogens with one attached hydrogen (secondary N) is 1. The fraction of sp³-hybridized carbons (Fsp3) is 0.182. The maximum absolute atomic E-state index is 11.9. The number of hydrogen-bond acceptors (Lipinski definition) is 5. The summed E-state index contributed by atoms with van der Waals surface area (Å²) in [6, 6.07) is 7.16. The number of H-pyrrole nitrogens is 1. The van der Waals surface area contributed by atoms with Crippen molar-refractivity contribution in [2.45, 2.75) is 5.16 Å². The van der Waals surface area contributed by atoms with Crippen LogP contribution in [0.5, 0.6) is 0 Å². The molecular weight excluding hydrogens is 250 g/mol. The van der Waals surface area contributed by atoms with Gasteiger partial charge >= 0.3 is 0 Å². The van der Waals surface area contributed by atoms with Gasteiger partial charge in [-0.1, -0.05) is 11.8 Å². The van der Waals surface area contributed by atoms with Gasteiger partial charge in [0.15, 0.2) is 5.16 Å². The van der Waals surface area contributed by atoms with E-state index in [0.29, 0.717) is 16.6 Å². The minimum absolute atomic E-state index is 0.0128. The number of amides is 1. The number of nitrogen functional groups attached to an aromatic ring is 1. The van der Waals surface area contributed by atoms with E-state index >= 15 is 0 Å². The Morgan fingerprint density at radius 3 is 2.78 bits per heavy atom. The van der Waals surface area contributed by atoms with Crippen molar-refractivity contribution in [1.29, 1.82) is 0 Å². The Bertz CT molecular complexity index is 511. The standard InChI is InChI=1S/C11H13N5OS/c1-16(9-4-2-8(12)3-5-9)10(17)6-18-11-13-7-14-15-11/h2-5,7H,6,12H2,1H3,(H,13,14,15). The maximum atomic E-state index is 11.9. The summed E-state index contributed by atoms with van der Waals surface area (Å²) in [5.41, 5.74) is 7.09. The van der Waals surface area contributed by atoms with E-state index in [9.17, 15) is 4.79 Å². The van der Waals surface area contributed by atoms with Crippen LogP contribution in [0, 0.1) is 0 Å². The molecule has 2 rings (SSSR count). The highest BCUT2D eigenvalue weighted by Gasteiger charge is 2.11. The molecule has 1 amide bonds. The first kappa shape index (κ1) is 12.4. The average Bonchev–Trinajstić information content (AvgIpc) is 2.89. The molecule has 6 nitrogen and oxygen atoms in total. The summed E-state index contributed by atoms with van der Waals surface area (Å²) in [7, 11) is 1.73. The lowest BCUT2D eigenvalue weighted by Crippen LogP contribution is -2.27. The monoisotopic (exact) mass is 263 g/mol. The van der Waals surface area contributed by atoms with Gasteiger partial charge in [-0.25, -0.2) is 4.98 Å². The first-order valence-electron chi connectivity index (χ1n) is 5.27. The fourth-order valence-electron chi connectivity index (χ4n) is 1.33. The zero-order valence-corrected chi connectivity index (χ0v) is 10.6. The van der Waals surface area contributed by atoms with E-state index in [0.717, 1.165) is 5.69 Å². The van der Waals surface area contributed by atoms with E-state index in [1.807, 2.05) is 12.1 Å². The third-order valence-electron chi connectivity index (χ3n) is 2.38. The molecule has 2 aromatic rings. The number of nitrogens with two attached hydrogens (primary N) is 1. The predicted molar refractivity (Wildman–Crippen MR) is 71.4 cm³/mol. The number of aromatic nitrogens is 3. The van der Waals surface area contributed by atoms with Crippen LogP contribution in [0.25, 0.3) is 0 Å².